The molecule has 0 aromatic heterocycles. The quantitative estimate of drug-likeness (QED) is 0.268. The number of hydrogen-bond acceptors (Lipinski definition) is 10. The Labute approximate surface area is 166 Å². The molecule has 0 amide bonds. The summed E-state index contributed by atoms with van der Waals surface area (Å²) >= 11 is 0. The van der Waals surface area contributed by atoms with Crippen LogP contribution in [0.3, 0.4) is 0 Å². The molecule has 0 aromatic rings. The van der Waals surface area contributed by atoms with Crippen LogP contribution in [-0.4, -0.2) is 0 Å². The summed E-state index contributed by atoms with van der Waals surface area (Å²) in [6, 6.07) is 0. The van der Waals surface area contributed by atoms with Crippen LogP contribution in [0.15, 0.2) is 0 Å². The molecule has 14 heteroatoms. The Kier molecular flexibility index (Phi) is 113. The minimum atomic E-state index is 0. The minimum Gasteiger partial charge on any atom is -0.690 e. The van der Waals surface area contributed by atoms with E-state index >= 15 is 0 Å². The maximum absolute atomic E-state index is 8.48. The maximum atomic E-state index is 8.48. The average Bonchev–Trinajstić information content (AvgIpc) is 1.93. The first-order chi connectivity index (χ1) is 4.83. The Balaban J connectivity index is -0.0000000178. The molecule has 0 saturated carbocycles. The largest absolute Gasteiger partial charge is 1.00 e. The molecule has 0 aliphatic rings. The third kappa shape index (κ3) is 57.6. The molecule has 0 N–H and O–H groups in total. The zero-order chi connectivity index (χ0) is 8.24. The van der Waals surface area contributed by atoms with E-state index in [0.29, 0.717) is 0 Å². The second-order valence-corrected chi connectivity index (χ2v) is 0.408. The molecule has 0 aliphatic heterocycles. The molecular formula is Na4O10. The molecule has 0 saturated heterocycles. The summed E-state index contributed by atoms with van der Waals surface area (Å²) in [7, 11) is 0. The molecule has 14 heavy (non-hydrogen) atoms. The van der Waals surface area contributed by atoms with Crippen molar-refractivity contribution in [2.45, 2.75) is 0 Å². The van der Waals surface area contributed by atoms with Gasteiger partial charge in [0.05, 0.1) is 0 Å². The van der Waals surface area contributed by atoms with Crippen LogP contribution < -0.4 is 139 Å². The van der Waals surface area contributed by atoms with Crippen LogP contribution in [0.1, 0.15) is 0 Å². The van der Waals surface area contributed by atoms with Gasteiger partial charge >= 0.3 is 118 Å². The normalized spacial score (nSPS) is 6.00. The van der Waals surface area contributed by atoms with Crippen LogP contribution in [0.5, 0.6) is 0 Å². The van der Waals surface area contributed by atoms with Gasteiger partial charge in [0, 0.05) is 0 Å². The van der Waals surface area contributed by atoms with Crippen molar-refractivity contribution in [1.82, 2.24) is 0 Å². The van der Waals surface area contributed by atoms with Gasteiger partial charge < -0.3 is 21.0 Å². The fraction of sp³-hybridized carbons (Fsp3) is 0. The third-order valence-corrected chi connectivity index (χ3v) is 0.111. The first-order valence-corrected chi connectivity index (χ1v) is 1.33. The van der Waals surface area contributed by atoms with E-state index in [-0.39, 0.29) is 118 Å². The first kappa shape index (κ1) is 36.0. The molecule has 0 fully saturated rings. The Morgan fingerprint density at radius 2 is 0.571 bits per heavy atom. The van der Waals surface area contributed by atoms with Crippen molar-refractivity contribution in [3.63, 3.8) is 0 Å². The van der Waals surface area contributed by atoms with Gasteiger partial charge in [0.25, 0.3) is 0 Å². The predicted octanol–water partition coefficient (Wildman–Crippen LogP) is -17.2. The fourth-order valence-electron chi connectivity index (χ4n) is 0.0227. The van der Waals surface area contributed by atoms with Gasteiger partial charge in [-0.1, -0.05) is 10.1 Å². The van der Waals surface area contributed by atoms with Crippen molar-refractivity contribution in [3.05, 3.63) is 0 Å². The van der Waals surface area contributed by atoms with E-state index in [4.69, 9.17) is 21.0 Å². The molecule has 0 rings (SSSR count). The van der Waals surface area contributed by atoms with Gasteiger partial charge in [-0.2, -0.15) is 0 Å². The van der Waals surface area contributed by atoms with Crippen molar-refractivity contribution in [3.8, 4) is 0 Å². The van der Waals surface area contributed by atoms with Crippen molar-refractivity contribution in [2.75, 3.05) is 0 Å². The summed E-state index contributed by atoms with van der Waals surface area (Å²) in [4.78, 5) is 0. The van der Waals surface area contributed by atoms with Gasteiger partial charge in [-0.15, -0.1) is 0 Å². The molecule has 0 radical (unpaired) electrons. The average molecular weight is 252 g/mol. The summed E-state index contributed by atoms with van der Waals surface area (Å²) in [5.74, 6) is 0. The minimum absolute atomic E-state index is 0. The fourth-order valence-corrected chi connectivity index (χ4v) is 0.0227. The van der Waals surface area contributed by atoms with Crippen LogP contribution >= 0.6 is 0 Å². The molecule has 10 nitrogen and oxygen atoms in total. The molecule has 0 bridgehead atoms. The second kappa shape index (κ2) is 43.8. The van der Waals surface area contributed by atoms with Gasteiger partial charge in [-0.05, 0) is 0 Å². The SMILES string of the molecule is [Na+].[Na+].[Na+].[Na+].[O-]OOO[O-].[O-]OOO[O-]. The van der Waals surface area contributed by atoms with Crippen molar-refractivity contribution in [2.24, 2.45) is 0 Å². The monoisotopic (exact) mass is 252 g/mol. The predicted molar refractivity (Wildman–Crippen MR) is 6.51 cm³/mol. The first-order valence-electron chi connectivity index (χ1n) is 1.33. The summed E-state index contributed by atoms with van der Waals surface area (Å²) in [5, 5.41) is 49.0. The van der Waals surface area contributed by atoms with Crippen LogP contribution in [0, 0.1) is 0 Å². The molecule has 0 aromatic carbocycles. The van der Waals surface area contributed by atoms with E-state index in [2.05, 4.69) is 30.2 Å². The van der Waals surface area contributed by atoms with E-state index in [9.17, 15) is 0 Å². The topological polar surface area (TPSA) is 148 Å². The zero-order valence-corrected chi connectivity index (χ0v) is 16.1. The number of rotatable bonds is 4. The van der Waals surface area contributed by atoms with Gasteiger partial charge in [-0.25, -0.2) is 0 Å². The Bertz CT molecular complexity index is 33.1. The second-order valence-electron chi connectivity index (χ2n) is 0.408. The summed E-state index contributed by atoms with van der Waals surface area (Å²) in [6.45, 7) is 0. The molecule has 0 atom stereocenters. The van der Waals surface area contributed by atoms with Crippen molar-refractivity contribution in [1.29, 1.82) is 0 Å². The Morgan fingerprint density at radius 1 is 0.429 bits per heavy atom. The zero-order valence-electron chi connectivity index (χ0n) is 8.08. The van der Waals surface area contributed by atoms with E-state index in [0.717, 1.165) is 0 Å². The van der Waals surface area contributed by atoms with Crippen molar-refractivity contribution < 1.29 is 169 Å². The Hall–Kier alpha value is 3.60. The van der Waals surface area contributed by atoms with E-state index in [1.165, 1.54) is 0 Å². The van der Waals surface area contributed by atoms with Crippen molar-refractivity contribution >= 4 is 0 Å². The van der Waals surface area contributed by atoms with Gasteiger partial charge in [-0.3, -0.25) is 20.2 Å². The van der Waals surface area contributed by atoms with Crippen LogP contribution in [0.25, 0.3) is 0 Å². The summed E-state index contributed by atoms with van der Waals surface area (Å²) < 4.78 is 0. The van der Waals surface area contributed by atoms with Gasteiger partial charge in [0.15, 0.2) is 0 Å². The molecule has 0 heterocycles. The summed E-state index contributed by atoms with van der Waals surface area (Å²) in [5.41, 5.74) is 0. The standard InChI is InChI=1S/4Na.2H2O5/c;;;;2*1-3-5-4-2/h;;;;2*1-2H/q4*+1;;/p-4. The van der Waals surface area contributed by atoms with Gasteiger partial charge in [0.1, 0.15) is 0 Å². The smallest absolute Gasteiger partial charge is 0.690 e. The summed E-state index contributed by atoms with van der Waals surface area (Å²) in [6.07, 6.45) is 0. The van der Waals surface area contributed by atoms with Gasteiger partial charge in [0.2, 0.25) is 0 Å². The Morgan fingerprint density at radius 3 is 0.571 bits per heavy atom. The van der Waals surface area contributed by atoms with E-state index in [1.807, 2.05) is 0 Å². The van der Waals surface area contributed by atoms with Crippen LogP contribution in [0.4, 0.5) is 0 Å². The molecule has 0 spiro atoms. The third-order valence-electron chi connectivity index (χ3n) is 0.111. The number of hydrogen-bond donors (Lipinski definition) is 0. The van der Waals surface area contributed by atoms with E-state index < -0.39 is 0 Å². The molecule has 64 valence electrons. The van der Waals surface area contributed by atoms with Crippen LogP contribution in [0.2, 0.25) is 0 Å². The maximum Gasteiger partial charge on any atom is 1.00 e. The van der Waals surface area contributed by atoms with Crippen LogP contribution in [-0.2, 0) is 30.2 Å². The molecular weight excluding hydrogens is 252 g/mol. The van der Waals surface area contributed by atoms with E-state index in [1.54, 1.807) is 0 Å². The molecule has 0 aliphatic carbocycles. The molecule has 0 unspecified atom stereocenters.